The van der Waals surface area contributed by atoms with E-state index in [1.165, 1.54) is 25.0 Å². The summed E-state index contributed by atoms with van der Waals surface area (Å²) in [5.41, 5.74) is 1.23. The number of imidazole rings is 1. The van der Waals surface area contributed by atoms with Crippen molar-refractivity contribution in [1.82, 2.24) is 19.8 Å². The highest BCUT2D eigenvalue weighted by atomic mass is 16.2. The molecule has 1 aliphatic carbocycles. The smallest absolute Gasteiger partial charge is 0.317 e. The van der Waals surface area contributed by atoms with Crippen molar-refractivity contribution in [1.29, 1.82) is 0 Å². The molecular weight excluding hydrogens is 288 g/mol. The van der Waals surface area contributed by atoms with Crippen molar-refractivity contribution in [2.75, 3.05) is 13.1 Å². The number of nitrogens with one attached hydrogen (secondary N) is 1. The second-order valence-corrected chi connectivity index (χ2v) is 7.13. The number of carbonyl (C=O) groups excluding carboxylic acids is 1. The summed E-state index contributed by atoms with van der Waals surface area (Å²) in [5, 5.41) is 3.24. The summed E-state index contributed by atoms with van der Waals surface area (Å²) in [7, 11) is 0. The number of aromatic nitrogens is 2. The van der Waals surface area contributed by atoms with Gasteiger partial charge in [0.25, 0.3) is 0 Å². The molecule has 1 atom stereocenters. The summed E-state index contributed by atoms with van der Waals surface area (Å²) in [6.45, 7) is 6.99. The highest BCUT2D eigenvalue weighted by Crippen LogP contribution is 2.27. The number of hydrogen-bond acceptors (Lipinski definition) is 2. The van der Waals surface area contributed by atoms with Gasteiger partial charge in [0.1, 0.15) is 5.82 Å². The quantitative estimate of drug-likeness (QED) is 0.924. The van der Waals surface area contributed by atoms with Gasteiger partial charge >= 0.3 is 6.03 Å². The van der Waals surface area contributed by atoms with Gasteiger partial charge in [0, 0.05) is 43.5 Å². The van der Waals surface area contributed by atoms with Crippen LogP contribution in [0.25, 0.3) is 0 Å². The van der Waals surface area contributed by atoms with E-state index in [-0.39, 0.29) is 6.03 Å². The summed E-state index contributed by atoms with van der Waals surface area (Å²) in [6, 6.07) is 0.518. The third-order valence-electron chi connectivity index (χ3n) is 5.31. The maximum Gasteiger partial charge on any atom is 0.317 e. The van der Waals surface area contributed by atoms with Gasteiger partial charge in [-0.3, -0.25) is 0 Å². The Kier molecular flexibility index (Phi) is 5.23. The molecule has 1 aromatic rings. The Bertz CT molecular complexity index is 533. The largest absolute Gasteiger partial charge is 0.335 e. The molecule has 2 fully saturated rings. The molecule has 2 heterocycles. The van der Waals surface area contributed by atoms with Crippen LogP contribution in [0.4, 0.5) is 4.79 Å². The van der Waals surface area contributed by atoms with Crippen molar-refractivity contribution in [3.63, 3.8) is 0 Å². The third-order valence-corrected chi connectivity index (χ3v) is 5.31. The number of amides is 2. The zero-order valence-corrected chi connectivity index (χ0v) is 14.6. The summed E-state index contributed by atoms with van der Waals surface area (Å²) < 4.78 is 2.33. The fourth-order valence-corrected chi connectivity index (χ4v) is 3.99. The van der Waals surface area contributed by atoms with Gasteiger partial charge in [0.05, 0.1) is 0 Å². The maximum atomic E-state index is 12.5. The molecule has 1 unspecified atom stereocenters. The Morgan fingerprint density at radius 2 is 2.09 bits per heavy atom. The molecule has 5 nitrogen and oxygen atoms in total. The molecule has 2 aliphatic rings. The van der Waals surface area contributed by atoms with E-state index in [1.54, 1.807) is 0 Å². The van der Waals surface area contributed by atoms with Crippen LogP contribution in [-0.2, 0) is 6.54 Å². The van der Waals surface area contributed by atoms with E-state index < -0.39 is 0 Å². The fourth-order valence-electron chi connectivity index (χ4n) is 3.99. The summed E-state index contributed by atoms with van der Waals surface area (Å²) in [6.07, 6.45) is 10.2. The Hall–Kier alpha value is -1.52. The first-order valence-corrected chi connectivity index (χ1v) is 9.26. The number of nitrogens with zero attached hydrogens (tertiary/aromatic N) is 3. The molecule has 1 N–H and O–H groups in total. The molecule has 0 spiro atoms. The second-order valence-electron chi connectivity index (χ2n) is 7.13. The van der Waals surface area contributed by atoms with Crippen LogP contribution in [0.3, 0.4) is 0 Å². The first-order valence-electron chi connectivity index (χ1n) is 9.26. The molecule has 1 aromatic heterocycles. The lowest BCUT2D eigenvalue weighted by Gasteiger charge is -2.26. The zero-order valence-electron chi connectivity index (χ0n) is 14.6. The van der Waals surface area contributed by atoms with Crippen molar-refractivity contribution >= 4 is 6.03 Å². The average molecular weight is 318 g/mol. The predicted molar refractivity (Wildman–Crippen MR) is 91.6 cm³/mol. The Balaban J connectivity index is 1.58. The van der Waals surface area contributed by atoms with Crippen LogP contribution >= 0.6 is 0 Å². The van der Waals surface area contributed by atoms with Gasteiger partial charge < -0.3 is 14.8 Å². The van der Waals surface area contributed by atoms with Crippen molar-refractivity contribution in [3.8, 4) is 0 Å². The number of likely N-dealkylation sites (tertiary alicyclic amines) is 1. The maximum absolute atomic E-state index is 12.5. The Labute approximate surface area is 139 Å². The first-order chi connectivity index (χ1) is 11.2. The number of carbonyl (C=O) groups is 1. The topological polar surface area (TPSA) is 50.2 Å². The van der Waals surface area contributed by atoms with Gasteiger partial charge in [0.15, 0.2) is 0 Å². The van der Waals surface area contributed by atoms with E-state index in [2.05, 4.69) is 28.7 Å². The Morgan fingerprint density at radius 1 is 1.30 bits per heavy atom. The normalized spacial score (nSPS) is 22.5. The van der Waals surface area contributed by atoms with Crippen LogP contribution in [0, 0.1) is 6.92 Å². The van der Waals surface area contributed by atoms with Crippen LogP contribution in [0.1, 0.15) is 69.3 Å². The van der Waals surface area contributed by atoms with Crippen LogP contribution in [0.5, 0.6) is 0 Å². The van der Waals surface area contributed by atoms with Gasteiger partial charge in [-0.1, -0.05) is 26.2 Å². The predicted octanol–water partition coefficient (Wildman–Crippen LogP) is 3.43. The lowest BCUT2D eigenvalue weighted by molar-refractivity contribution is 0.200. The molecule has 3 rings (SSSR count). The Morgan fingerprint density at radius 3 is 2.83 bits per heavy atom. The molecule has 128 valence electrons. The number of rotatable bonds is 4. The third kappa shape index (κ3) is 3.70. The monoisotopic (exact) mass is 318 g/mol. The molecule has 1 saturated carbocycles. The van der Waals surface area contributed by atoms with E-state index in [0.29, 0.717) is 12.0 Å². The molecule has 23 heavy (non-hydrogen) atoms. The molecule has 0 aromatic carbocycles. The second kappa shape index (κ2) is 7.37. The van der Waals surface area contributed by atoms with E-state index >= 15 is 0 Å². The zero-order chi connectivity index (χ0) is 16.2. The average Bonchev–Trinajstić information content (AvgIpc) is 3.17. The van der Waals surface area contributed by atoms with Crippen molar-refractivity contribution in [2.45, 2.75) is 77.3 Å². The van der Waals surface area contributed by atoms with Crippen molar-refractivity contribution < 1.29 is 4.79 Å². The molecule has 5 heteroatoms. The lowest BCUT2D eigenvalue weighted by Crippen LogP contribution is -2.44. The number of urea groups is 1. The van der Waals surface area contributed by atoms with Gasteiger partial charge in [-0.25, -0.2) is 9.78 Å². The summed E-state index contributed by atoms with van der Waals surface area (Å²) in [5.74, 6) is 1.55. The number of aryl methyl sites for hydroxylation is 1. The molecule has 0 bridgehead atoms. The lowest BCUT2D eigenvalue weighted by atomic mass is 9.96. The number of hydrogen-bond donors (Lipinski definition) is 1. The van der Waals surface area contributed by atoms with Crippen molar-refractivity contribution in [2.24, 2.45) is 0 Å². The van der Waals surface area contributed by atoms with Gasteiger partial charge in [-0.15, -0.1) is 0 Å². The van der Waals surface area contributed by atoms with Gasteiger partial charge in [-0.05, 0) is 32.6 Å². The van der Waals surface area contributed by atoms with E-state index in [1.807, 2.05) is 11.1 Å². The minimum Gasteiger partial charge on any atom is -0.335 e. The van der Waals surface area contributed by atoms with Crippen LogP contribution in [0.2, 0.25) is 0 Å². The van der Waals surface area contributed by atoms with E-state index in [9.17, 15) is 4.79 Å². The standard InChI is InChI=1S/C18H30N4O/c1-3-10-22-14(2)12-19-17(22)15-9-11-21(13-15)18(23)20-16-7-5-4-6-8-16/h12,15-16H,3-11,13H2,1-2H3,(H,20,23). The minimum atomic E-state index is 0.129. The molecule has 0 radical (unpaired) electrons. The van der Waals surface area contributed by atoms with E-state index in [0.717, 1.165) is 51.1 Å². The summed E-state index contributed by atoms with van der Waals surface area (Å²) >= 11 is 0. The molecule has 1 aliphatic heterocycles. The van der Waals surface area contributed by atoms with Crippen LogP contribution in [0.15, 0.2) is 6.20 Å². The fraction of sp³-hybridized carbons (Fsp3) is 0.778. The molecule has 1 saturated heterocycles. The summed E-state index contributed by atoms with van der Waals surface area (Å²) in [4.78, 5) is 19.1. The van der Waals surface area contributed by atoms with Crippen LogP contribution in [-0.4, -0.2) is 39.6 Å². The van der Waals surface area contributed by atoms with Gasteiger partial charge in [-0.2, -0.15) is 0 Å². The highest BCUT2D eigenvalue weighted by molar-refractivity contribution is 5.75. The first kappa shape index (κ1) is 16.3. The van der Waals surface area contributed by atoms with Crippen LogP contribution < -0.4 is 5.32 Å². The highest BCUT2D eigenvalue weighted by Gasteiger charge is 2.31. The SMILES string of the molecule is CCCn1c(C)cnc1C1CCN(C(=O)NC2CCCCC2)C1. The van der Waals surface area contributed by atoms with E-state index in [4.69, 9.17) is 0 Å². The molecular formula is C18H30N4O. The van der Waals surface area contributed by atoms with Crippen molar-refractivity contribution in [3.05, 3.63) is 17.7 Å². The van der Waals surface area contributed by atoms with Gasteiger partial charge in [0.2, 0.25) is 0 Å². The minimum absolute atomic E-state index is 0.129. The molecule has 2 amide bonds.